The average molecular weight is 611 g/mol. The fourth-order valence-corrected chi connectivity index (χ4v) is 5.77. The first kappa shape index (κ1) is 29.5. The molecule has 1 aliphatic heterocycles. The molecule has 0 spiro atoms. The number of benzene rings is 3. The Hall–Kier alpha value is -3.95. The molecule has 2 amide bonds. The number of aromatic nitrogens is 2. The first-order valence-electron chi connectivity index (χ1n) is 13.6. The smallest absolute Gasteiger partial charge is 0.256 e. The third kappa shape index (κ3) is 5.71. The van der Waals surface area contributed by atoms with Crippen LogP contribution in [0.1, 0.15) is 31.1 Å². The molecule has 42 heavy (non-hydrogen) atoms. The van der Waals surface area contributed by atoms with Gasteiger partial charge in [-0.25, -0.2) is 0 Å². The minimum absolute atomic E-state index is 0.171. The Kier molecular flexibility index (Phi) is 8.25. The summed E-state index contributed by atoms with van der Waals surface area (Å²) in [6.07, 6.45) is 0. The van der Waals surface area contributed by atoms with Crippen molar-refractivity contribution in [2.45, 2.75) is 20.8 Å². The monoisotopic (exact) mass is 609 g/mol. The van der Waals surface area contributed by atoms with Gasteiger partial charge in [-0.1, -0.05) is 50.0 Å². The minimum atomic E-state index is -0.384. The summed E-state index contributed by atoms with van der Waals surface area (Å²) in [5, 5.41) is 11.7. The third-order valence-electron chi connectivity index (χ3n) is 7.36. The summed E-state index contributed by atoms with van der Waals surface area (Å²) >= 11 is 13.2. The number of nitrogens with one attached hydrogen (secondary N) is 2. The summed E-state index contributed by atoms with van der Waals surface area (Å²) in [5.74, 6) is 1.18. The number of carbonyl (C=O) groups excluding carboxylic acids is 2. The Bertz CT molecular complexity index is 1610. The Morgan fingerprint density at radius 1 is 0.905 bits per heavy atom. The van der Waals surface area contributed by atoms with Crippen LogP contribution in [0.3, 0.4) is 0 Å². The van der Waals surface area contributed by atoms with E-state index >= 15 is 0 Å². The lowest BCUT2D eigenvalue weighted by Gasteiger charge is -2.38. The van der Waals surface area contributed by atoms with Crippen LogP contribution in [0.4, 0.5) is 11.5 Å². The second-order valence-corrected chi connectivity index (χ2v) is 11.9. The van der Waals surface area contributed by atoms with Gasteiger partial charge in [-0.3, -0.25) is 14.7 Å². The number of piperazine rings is 1. The molecule has 0 radical (unpaired) electrons. The Morgan fingerprint density at radius 3 is 2.10 bits per heavy atom. The highest BCUT2D eigenvalue weighted by Gasteiger charge is 2.29. The Morgan fingerprint density at radius 2 is 1.52 bits per heavy atom. The van der Waals surface area contributed by atoms with Crippen LogP contribution in [0.25, 0.3) is 22.0 Å². The third-order valence-corrected chi connectivity index (χ3v) is 8.11. The van der Waals surface area contributed by atoms with E-state index in [2.05, 4.69) is 20.4 Å². The number of aromatic amines is 1. The number of nitrogens with zero attached hydrogens (tertiary/aromatic N) is 3. The summed E-state index contributed by atoms with van der Waals surface area (Å²) in [4.78, 5) is 29.8. The molecule has 11 heteroatoms. The highest BCUT2D eigenvalue weighted by Crippen LogP contribution is 2.46. The molecule has 9 nitrogen and oxygen atoms in total. The lowest BCUT2D eigenvalue weighted by atomic mass is 9.94. The maximum Gasteiger partial charge on any atom is 0.256 e. The number of halogens is 2. The van der Waals surface area contributed by atoms with Gasteiger partial charge in [-0.15, -0.1) is 0 Å². The molecule has 0 atom stereocenters. The SMILES string of the molecule is COc1cc(OC)c(Cl)c(-c2ccc3c(NC(=O)c4ccc(N5CCN(C(=O)C(C)(C)C)CC5)cc4)n[nH]c3c2)c1Cl. The topological polar surface area (TPSA) is 99.8 Å². The van der Waals surface area contributed by atoms with Gasteiger partial charge >= 0.3 is 0 Å². The van der Waals surface area contributed by atoms with E-state index in [9.17, 15) is 9.59 Å². The molecule has 0 saturated carbocycles. The van der Waals surface area contributed by atoms with Gasteiger partial charge < -0.3 is 24.6 Å². The van der Waals surface area contributed by atoms with E-state index in [-0.39, 0.29) is 17.2 Å². The number of ether oxygens (including phenoxy) is 2. The van der Waals surface area contributed by atoms with Crippen molar-refractivity contribution in [2.24, 2.45) is 5.41 Å². The van der Waals surface area contributed by atoms with Crippen LogP contribution in [0, 0.1) is 5.41 Å². The number of hydrogen-bond donors (Lipinski definition) is 2. The summed E-state index contributed by atoms with van der Waals surface area (Å²) in [6.45, 7) is 8.68. The number of rotatable bonds is 6. The summed E-state index contributed by atoms with van der Waals surface area (Å²) in [5.41, 5.74) is 3.13. The quantitative estimate of drug-likeness (QED) is 0.259. The van der Waals surface area contributed by atoms with Crippen LogP contribution in [-0.4, -0.2) is 67.3 Å². The van der Waals surface area contributed by atoms with Crippen molar-refractivity contribution in [3.63, 3.8) is 0 Å². The fourth-order valence-electron chi connectivity index (χ4n) is 5.05. The molecule has 3 aromatic carbocycles. The second kappa shape index (κ2) is 11.7. The molecule has 0 unspecified atom stereocenters. The number of amides is 2. The van der Waals surface area contributed by atoms with Crippen LogP contribution in [0.5, 0.6) is 11.5 Å². The zero-order chi connectivity index (χ0) is 30.2. The summed E-state index contributed by atoms with van der Waals surface area (Å²) < 4.78 is 10.8. The van der Waals surface area contributed by atoms with Crippen molar-refractivity contribution in [3.05, 3.63) is 64.1 Å². The van der Waals surface area contributed by atoms with Crippen molar-refractivity contribution < 1.29 is 19.1 Å². The first-order valence-corrected chi connectivity index (χ1v) is 14.3. The standard InChI is InChI=1S/C31H33Cl2N5O4/c1-31(2,3)30(40)38-14-12-37(13-15-38)20-9-6-18(7-10-20)29(39)34-28-21-11-8-19(16-22(21)35-36-28)25-26(32)23(41-4)17-24(42-5)27(25)33/h6-11,16-17H,12-15H2,1-5H3,(H2,34,35,36,39). The zero-order valence-corrected chi connectivity index (χ0v) is 25.7. The van der Waals surface area contributed by atoms with Crippen LogP contribution in [-0.2, 0) is 4.79 Å². The number of hydrogen-bond acceptors (Lipinski definition) is 6. The van der Waals surface area contributed by atoms with Crippen molar-refractivity contribution in [1.82, 2.24) is 15.1 Å². The summed E-state index contributed by atoms with van der Waals surface area (Å²) in [6, 6.07) is 14.6. The van der Waals surface area contributed by atoms with E-state index < -0.39 is 0 Å². The lowest BCUT2D eigenvalue weighted by molar-refractivity contribution is -0.139. The van der Waals surface area contributed by atoms with Gasteiger partial charge in [0.05, 0.1) is 29.8 Å². The highest BCUT2D eigenvalue weighted by atomic mass is 35.5. The van der Waals surface area contributed by atoms with Gasteiger partial charge in [0.15, 0.2) is 5.82 Å². The molecule has 1 aromatic heterocycles. The molecule has 0 aliphatic carbocycles. The number of methoxy groups -OCH3 is 2. The second-order valence-electron chi connectivity index (χ2n) is 11.1. The van der Waals surface area contributed by atoms with Gasteiger partial charge in [-0.05, 0) is 42.0 Å². The zero-order valence-electron chi connectivity index (χ0n) is 24.2. The van der Waals surface area contributed by atoms with Gasteiger partial charge in [0.25, 0.3) is 5.91 Å². The van der Waals surface area contributed by atoms with Crippen LogP contribution in [0.2, 0.25) is 10.0 Å². The molecule has 5 rings (SSSR count). The maximum atomic E-state index is 13.1. The van der Waals surface area contributed by atoms with Crippen molar-refractivity contribution in [2.75, 3.05) is 50.6 Å². The molecule has 1 saturated heterocycles. The minimum Gasteiger partial charge on any atom is -0.495 e. The molecule has 2 N–H and O–H groups in total. The van der Waals surface area contributed by atoms with E-state index in [0.717, 1.165) is 29.7 Å². The van der Waals surface area contributed by atoms with Gasteiger partial charge in [0.2, 0.25) is 5.91 Å². The van der Waals surface area contributed by atoms with E-state index in [4.69, 9.17) is 32.7 Å². The van der Waals surface area contributed by atoms with Crippen molar-refractivity contribution in [1.29, 1.82) is 0 Å². The van der Waals surface area contributed by atoms with Crippen LogP contribution in [0.15, 0.2) is 48.5 Å². The van der Waals surface area contributed by atoms with Gasteiger partial charge in [-0.2, -0.15) is 5.10 Å². The molecular weight excluding hydrogens is 577 g/mol. The molecular formula is C31H33Cl2N5O4. The normalized spacial score (nSPS) is 13.8. The number of anilines is 2. The van der Waals surface area contributed by atoms with Crippen LogP contribution < -0.4 is 19.7 Å². The molecule has 0 bridgehead atoms. The molecule has 4 aromatic rings. The average Bonchev–Trinajstić information content (AvgIpc) is 3.38. The van der Waals surface area contributed by atoms with E-state index in [1.165, 1.54) is 14.2 Å². The molecule has 2 heterocycles. The van der Waals surface area contributed by atoms with Crippen molar-refractivity contribution in [3.8, 4) is 22.6 Å². The van der Waals surface area contributed by atoms with E-state index in [1.54, 1.807) is 18.2 Å². The number of carbonyl (C=O) groups is 2. The molecule has 220 valence electrons. The fraction of sp³-hybridized carbons (Fsp3) is 0.323. The van der Waals surface area contributed by atoms with E-state index in [1.807, 2.05) is 56.0 Å². The summed E-state index contributed by atoms with van der Waals surface area (Å²) in [7, 11) is 3.05. The molecule has 1 fully saturated rings. The predicted molar refractivity (Wildman–Crippen MR) is 167 cm³/mol. The Labute approximate surface area is 254 Å². The Balaban J connectivity index is 1.29. The van der Waals surface area contributed by atoms with E-state index in [0.29, 0.717) is 57.1 Å². The van der Waals surface area contributed by atoms with Gasteiger partial charge in [0.1, 0.15) is 11.5 Å². The number of fused-ring (bicyclic) bond motifs is 1. The first-order chi connectivity index (χ1) is 20.0. The molecule has 1 aliphatic rings. The van der Waals surface area contributed by atoms with Crippen molar-refractivity contribution >= 4 is 57.4 Å². The van der Waals surface area contributed by atoms with Crippen LogP contribution >= 0.6 is 23.2 Å². The predicted octanol–water partition coefficient (Wildman–Crippen LogP) is 6.50. The largest absolute Gasteiger partial charge is 0.495 e. The highest BCUT2D eigenvalue weighted by molar-refractivity contribution is 6.41. The maximum absolute atomic E-state index is 13.1. The van der Waals surface area contributed by atoms with Gasteiger partial charge in [0, 0.05) is 59.9 Å². The number of H-pyrrole nitrogens is 1. The lowest BCUT2D eigenvalue weighted by Crippen LogP contribution is -2.51.